The van der Waals surface area contributed by atoms with Gasteiger partial charge in [-0.2, -0.15) is 0 Å². The summed E-state index contributed by atoms with van der Waals surface area (Å²) in [5.41, 5.74) is -0.744. The van der Waals surface area contributed by atoms with E-state index in [0.29, 0.717) is 18.3 Å². The van der Waals surface area contributed by atoms with Gasteiger partial charge >= 0.3 is 5.97 Å². The van der Waals surface area contributed by atoms with Crippen LogP contribution in [0.15, 0.2) is 12.2 Å². The van der Waals surface area contributed by atoms with Crippen molar-refractivity contribution in [3.05, 3.63) is 12.2 Å². The van der Waals surface area contributed by atoms with E-state index in [1.54, 1.807) is 13.8 Å². The summed E-state index contributed by atoms with van der Waals surface area (Å²) in [6.07, 6.45) is 8.53. The summed E-state index contributed by atoms with van der Waals surface area (Å²) in [5, 5.41) is 9.02. The Labute approximate surface area is 103 Å². The lowest BCUT2D eigenvalue weighted by atomic mass is 9.89. The van der Waals surface area contributed by atoms with E-state index in [-0.39, 0.29) is 12.6 Å². The number of ether oxygens (including phenoxy) is 1. The molecule has 0 aromatic carbocycles. The summed E-state index contributed by atoms with van der Waals surface area (Å²) in [5.74, 6) is 1.93. The number of aliphatic hydroxyl groups excluding tert-OH is 1. The molecule has 2 rings (SSSR count). The molecule has 96 valence electrons. The van der Waals surface area contributed by atoms with Gasteiger partial charge in [-0.1, -0.05) is 12.2 Å². The minimum absolute atomic E-state index is 0.129. The molecule has 3 nitrogen and oxygen atoms in total. The fourth-order valence-electron chi connectivity index (χ4n) is 2.92. The van der Waals surface area contributed by atoms with Gasteiger partial charge in [0.2, 0.25) is 0 Å². The predicted molar refractivity (Wildman–Crippen MR) is 65.3 cm³/mol. The standard InChI is InChI=1S/C14H22O3/c1-14(2,9-15)17-13(16)6-5-12-8-10-3-4-11(12)7-10/h3-4,10-12,15H,5-9H2,1-2H3. The number of hydrogen-bond donors (Lipinski definition) is 1. The first-order chi connectivity index (χ1) is 8.00. The molecule has 0 heterocycles. The number of fused-ring (bicyclic) bond motifs is 2. The van der Waals surface area contributed by atoms with E-state index >= 15 is 0 Å². The number of rotatable bonds is 5. The average Bonchev–Trinajstić information content (AvgIpc) is 2.87. The summed E-state index contributed by atoms with van der Waals surface area (Å²) >= 11 is 0. The quantitative estimate of drug-likeness (QED) is 0.590. The Bertz CT molecular complexity index is 319. The van der Waals surface area contributed by atoms with E-state index in [1.165, 1.54) is 12.8 Å². The highest BCUT2D eigenvalue weighted by atomic mass is 16.6. The topological polar surface area (TPSA) is 46.5 Å². The molecular weight excluding hydrogens is 216 g/mol. The maximum atomic E-state index is 11.6. The third-order valence-corrected chi connectivity index (χ3v) is 3.91. The third kappa shape index (κ3) is 3.09. The molecule has 2 bridgehead atoms. The van der Waals surface area contributed by atoms with Crippen LogP contribution in [-0.4, -0.2) is 23.3 Å². The van der Waals surface area contributed by atoms with Crippen molar-refractivity contribution in [1.82, 2.24) is 0 Å². The van der Waals surface area contributed by atoms with Crippen LogP contribution in [0.4, 0.5) is 0 Å². The Kier molecular flexibility index (Phi) is 3.57. The molecule has 3 heteroatoms. The van der Waals surface area contributed by atoms with Crippen LogP contribution in [-0.2, 0) is 9.53 Å². The van der Waals surface area contributed by atoms with E-state index in [9.17, 15) is 4.79 Å². The zero-order valence-corrected chi connectivity index (χ0v) is 10.7. The van der Waals surface area contributed by atoms with Gasteiger partial charge in [-0.3, -0.25) is 4.79 Å². The molecule has 1 N–H and O–H groups in total. The molecule has 0 spiro atoms. The Morgan fingerprint density at radius 1 is 1.41 bits per heavy atom. The van der Waals surface area contributed by atoms with Crippen molar-refractivity contribution < 1.29 is 14.6 Å². The van der Waals surface area contributed by atoms with Gasteiger partial charge in [0.15, 0.2) is 0 Å². The molecule has 1 fully saturated rings. The van der Waals surface area contributed by atoms with E-state index in [4.69, 9.17) is 9.84 Å². The summed E-state index contributed by atoms with van der Waals surface area (Å²) < 4.78 is 5.22. The van der Waals surface area contributed by atoms with Gasteiger partial charge in [-0.15, -0.1) is 0 Å². The van der Waals surface area contributed by atoms with E-state index in [0.717, 1.165) is 12.3 Å². The zero-order chi connectivity index (χ0) is 12.5. The van der Waals surface area contributed by atoms with Crippen LogP contribution in [0.5, 0.6) is 0 Å². The molecule has 3 atom stereocenters. The van der Waals surface area contributed by atoms with Crippen LogP contribution in [0.2, 0.25) is 0 Å². The second-order valence-electron chi connectivity index (χ2n) is 5.97. The summed E-state index contributed by atoms with van der Waals surface area (Å²) in [6.45, 7) is 3.33. The van der Waals surface area contributed by atoms with Gasteiger partial charge in [0, 0.05) is 6.42 Å². The Morgan fingerprint density at radius 2 is 2.18 bits per heavy atom. The van der Waals surface area contributed by atoms with Crippen molar-refractivity contribution in [2.45, 2.75) is 45.1 Å². The fourth-order valence-corrected chi connectivity index (χ4v) is 2.92. The molecule has 0 saturated heterocycles. The minimum Gasteiger partial charge on any atom is -0.457 e. The summed E-state index contributed by atoms with van der Waals surface area (Å²) in [7, 11) is 0. The van der Waals surface area contributed by atoms with Crippen LogP contribution in [0.25, 0.3) is 0 Å². The van der Waals surface area contributed by atoms with Gasteiger partial charge in [0.1, 0.15) is 5.60 Å². The van der Waals surface area contributed by atoms with Crippen LogP contribution in [0, 0.1) is 17.8 Å². The van der Waals surface area contributed by atoms with Gasteiger partial charge in [-0.05, 0) is 50.9 Å². The van der Waals surface area contributed by atoms with Crippen molar-refractivity contribution in [3.63, 3.8) is 0 Å². The maximum Gasteiger partial charge on any atom is 0.306 e. The Morgan fingerprint density at radius 3 is 2.71 bits per heavy atom. The monoisotopic (exact) mass is 238 g/mol. The largest absolute Gasteiger partial charge is 0.457 e. The molecule has 0 aromatic rings. The number of carbonyl (C=O) groups excluding carboxylic acids is 1. The molecule has 0 radical (unpaired) electrons. The maximum absolute atomic E-state index is 11.6. The molecule has 2 aliphatic carbocycles. The lowest BCUT2D eigenvalue weighted by Gasteiger charge is -2.23. The molecule has 0 amide bonds. The van der Waals surface area contributed by atoms with Crippen LogP contribution >= 0.6 is 0 Å². The lowest BCUT2D eigenvalue weighted by Crippen LogP contribution is -2.32. The number of aliphatic hydroxyl groups is 1. The van der Waals surface area contributed by atoms with E-state index in [1.807, 2.05) is 0 Å². The van der Waals surface area contributed by atoms with Gasteiger partial charge in [0.05, 0.1) is 6.61 Å². The summed E-state index contributed by atoms with van der Waals surface area (Å²) in [4.78, 5) is 11.6. The molecule has 3 unspecified atom stereocenters. The van der Waals surface area contributed by atoms with Crippen molar-refractivity contribution >= 4 is 5.97 Å². The summed E-state index contributed by atoms with van der Waals surface area (Å²) in [6, 6.07) is 0. The minimum atomic E-state index is -0.744. The van der Waals surface area contributed by atoms with E-state index in [2.05, 4.69) is 12.2 Å². The first-order valence-corrected chi connectivity index (χ1v) is 6.51. The highest BCUT2D eigenvalue weighted by Gasteiger charge is 2.35. The number of hydrogen-bond acceptors (Lipinski definition) is 3. The van der Waals surface area contributed by atoms with Crippen LogP contribution in [0.1, 0.15) is 39.5 Å². The fraction of sp³-hybridized carbons (Fsp3) is 0.786. The second-order valence-corrected chi connectivity index (χ2v) is 5.97. The smallest absolute Gasteiger partial charge is 0.306 e. The van der Waals surface area contributed by atoms with Crippen LogP contribution in [0.3, 0.4) is 0 Å². The van der Waals surface area contributed by atoms with Gasteiger partial charge in [0.25, 0.3) is 0 Å². The molecule has 0 aliphatic heterocycles. The second kappa shape index (κ2) is 4.81. The highest BCUT2D eigenvalue weighted by molar-refractivity contribution is 5.69. The van der Waals surface area contributed by atoms with Crippen LogP contribution < -0.4 is 0 Å². The number of carbonyl (C=O) groups is 1. The molecule has 1 saturated carbocycles. The molecule has 0 aromatic heterocycles. The predicted octanol–water partition coefficient (Wildman–Crippen LogP) is 2.29. The molecular formula is C14H22O3. The van der Waals surface area contributed by atoms with E-state index < -0.39 is 5.60 Å². The lowest BCUT2D eigenvalue weighted by molar-refractivity contribution is -0.160. The molecule has 17 heavy (non-hydrogen) atoms. The van der Waals surface area contributed by atoms with Crippen molar-refractivity contribution in [3.8, 4) is 0 Å². The normalized spacial score (nSPS) is 30.9. The average molecular weight is 238 g/mol. The third-order valence-electron chi connectivity index (χ3n) is 3.91. The highest BCUT2D eigenvalue weighted by Crippen LogP contribution is 2.45. The zero-order valence-electron chi connectivity index (χ0n) is 10.7. The number of esters is 1. The SMILES string of the molecule is CC(C)(CO)OC(=O)CCC1CC2C=CC1C2. The van der Waals surface area contributed by atoms with Gasteiger partial charge < -0.3 is 9.84 Å². The van der Waals surface area contributed by atoms with Gasteiger partial charge in [-0.25, -0.2) is 0 Å². The van der Waals surface area contributed by atoms with Crippen molar-refractivity contribution in [2.24, 2.45) is 17.8 Å². The first kappa shape index (κ1) is 12.6. The Balaban J connectivity index is 1.72. The number of allylic oxidation sites excluding steroid dienone is 2. The first-order valence-electron chi connectivity index (χ1n) is 6.51. The Hall–Kier alpha value is -0.830. The van der Waals surface area contributed by atoms with Crippen molar-refractivity contribution in [2.75, 3.05) is 6.61 Å². The molecule has 2 aliphatic rings. The van der Waals surface area contributed by atoms with Crippen molar-refractivity contribution in [1.29, 1.82) is 0 Å².